The normalized spacial score (nSPS) is 22.7. The molecule has 2 N–H and O–H groups in total. The Kier molecular flexibility index (Phi) is 9.44. The van der Waals surface area contributed by atoms with E-state index in [4.69, 9.17) is 0 Å². The molecule has 3 amide bonds. The maximum atomic E-state index is 14.7. The molecule has 0 spiro atoms. The van der Waals surface area contributed by atoms with E-state index >= 15 is 0 Å². The fourth-order valence-electron chi connectivity index (χ4n) is 6.61. The van der Waals surface area contributed by atoms with Crippen molar-refractivity contribution in [3.05, 3.63) is 82.8 Å². The van der Waals surface area contributed by atoms with Crippen LogP contribution in [0, 0.1) is 11.7 Å². The number of benzene rings is 2. The first kappa shape index (κ1) is 31.8. The van der Waals surface area contributed by atoms with Crippen LogP contribution in [0.2, 0.25) is 0 Å². The van der Waals surface area contributed by atoms with E-state index in [1.54, 1.807) is 6.07 Å². The number of hydrogen-bond donors (Lipinski definition) is 2. The average Bonchev–Trinajstić information content (AvgIpc) is 3.80. The van der Waals surface area contributed by atoms with Crippen molar-refractivity contribution in [3.8, 4) is 0 Å². The smallest absolute Gasteiger partial charge is 0.270 e. The molecule has 46 heavy (non-hydrogen) atoms. The van der Waals surface area contributed by atoms with Gasteiger partial charge in [-0.15, -0.1) is 0 Å². The molecule has 3 fully saturated rings. The van der Waals surface area contributed by atoms with Crippen LogP contribution in [-0.4, -0.2) is 77.9 Å². The lowest BCUT2D eigenvalue weighted by atomic mass is 9.87. The molecule has 2 aliphatic heterocycles. The predicted octanol–water partition coefficient (Wildman–Crippen LogP) is 5.15. The van der Waals surface area contributed by atoms with Crippen LogP contribution in [0.1, 0.15) is 78.2 Å². The maximum absolute atomic E-state index is 14.7. The van der Waals surface area contributed by atoms with E-state index in [1.165, 1.54) is 47.6 Å². The third kappa shape index (κ3) is 7.44. The summed E-state index contributed by atoms with van der Waals surface area (Å²) in [6, 6.07) is 12.2. The van der Waals surface area contributed by atoms with Crippen LogP contribution in [0.3, 0.4) is 0 Å². The van der Waals surface area contributed by atoms with E-state index in [2.05, 4.69) is 57.9 Å². The van der Waals surface area contributed by atoms with Crippen molar-refractivity contribution >= 4 is 34.7 Å². The molecule has 242 valence electrons. The Morgan fingerprint density at radius 2 is 1.89 bits per heavy atom. The second kappa shape index (κ2) is 13.7. The largest absolute Gasteiger partial charge is 0.348 e. The number of alkyl halides is 1. The SMILES string of the molecule is C[C@H](NC(=O)C1C[C@@H](F)CN1C(=O)CNC(=O)c1ccc2cc(F)ccc2n1)c1cc(C2CCCN(C)C2)ccc1/C=C/C1CC1. The van der Waals surface area contributed by atoms with Gasteiger partial charge < -0.3 is 20.4 Å². The number of halogens is 2. The van der Waals surface area contributed by atoms with E-state index in [0.29, 0.717) is 22.7 Å². The number of rotatable bonds is 9. The van der Waals surface area contributed by atoms with E-state index in [-0.39, 0.29) is 24.7 Å². The topological polar surface area (TPSA) is 94.6 Å². The molecule has 1 saturated carbocycles. The molecule has 6 rings (SSSR count). The quantitative estimate of drug-likeness (QED) is 0.342. The summed E-state index contributed by atoms with van der Waals surface area (Å²) in [6.45, 7) is 3.37. The molecular formula is C36H41F2N5O3. The van der Waals surface area contributed by atoms with Gasteiger partial charge in [0.15, 0.2) is 0 Å². The average molecular weight is 630 g/mol. The van der Waals surface area contributed by atoms with Crippen molar-refractivity contribution in [2.45, 2.75) is 63.2 Å². The lowest BCUT2D eigenvalue weighted by molar-refractivity contribution is -0.138. The lowest BCUT2D eigenvalue weighted by Crippen LogP contribution is -2.49. The highest BCUT2D eigenvalue weighted by Gasteiger charge is 2.40. The van der Waals surface area contributed by atoms with Crippen molar-refractivity contribution in [3.63, 3.8) is 0 Å². The molecule has 2 unspecified atom stereocenters. The van der Waals surface area contributed by atoms with Gasteiger partial charge in [-0.2, -0.15) is 0 Å². The van der Waals surface area contributed by atoms with E-state index in [1.807, 2.05) is 6.92 Å². The van der Waals surface area contributed by atoms with Crippen LogP contribution >= 0.6 is 0 Å². The van der Waals surface area contributed by atoms with Crippen molar-refractivity contribution in [1.82, 2.24) is 25.4 Å². The summed E-state index contributed by atoms with van der Waals surface area (Å²) in [4.78, 5) is 47.4. The van der Waals surface area contributed by atoms with Crippen molar-refractivity contribution in [2.24, 2.45) is 5.92 Å². The van der Waals surface area contributed by atoms with Crippen molar-refractivity contribution in [1.29, 1.82) is 0 Å². The fraction of sp³-hybridized carbons (Fsp3) is 0.444. The number of likely N-dealkylation sites (N-methyl/N-ethyl adjacent to an activating group) is 1. The maximum Gasteiger partial charge on any atom is 0.270 e. The molecule has 4 atom stereocenters. The number of amides is 3. The number of nitrogens with zero attached hydrogens (tertiary/aromatic N) is 3. The van der Waals surface area contributed by atoms with Crippen molar-refractivity contribution < 1.29 is 23.2 Å². The van der Waals surface area contributed by atoms with Crippen LogP contribution in [-0.2, 0) is 9.59 Å². The van der Waals surface area contributed by atoms with E-state index in [9.17, 15) is 23.2 Å². The second-order valence-corrected chi connectivity index (χ2v) is 13.0. The number of carbonyl (C=O) groups is 3. The second-order valence-electron chi connectivity index (χ2n) is 13.0. The van der Waals surface area contributed by atoms with Crippen LogP contribution < -0.4 is 10.6 Å². The standard InChI is InChI=1S/C36H41F2N5O3/c1-22(30-17-25(27-4-3-15-42(2)20-27)10-9-24(30)8-7-23-5-6-23)40-36(46)33-18-29(38)21-43(33)34(44)19-39-35(45)32-13-11-26-16-28(37)12-14-31(26)41-32/h7-14,16-17,22-23,27,29,33H,3-6,15,18-21H2,1-2H3,(H,39,45)(H,40,46)/b8-7+/t22-,27?,29+,33?/m0/s1. The zero-order valence-electron chi connectivity index (χ0n) is 26.3. The first-order valence-electron chi connectivity index (χ1n) is 16.2. The Labute approximate surface area is 268 Å². The lowest BCUT2D eigenvalue weighted by Gasteiger charge is -2.31. The summed E-state index contributed by atoms with van der Waals surface area (Å²) in [6.07, 6.45) is 7.56. The summed E-state index contributed by atoms with van der Waals surface area (Å²) in [5.74, 6) is -0.961. The highest BCUT2D eigenvalue weighted by atomic mass is 19.1. The van der Waals surface area contributed by atoms with Gasteiger partial charge in [0.1, 0.15) is 23.7 Å². The molecule has 0 radical (unpaired) electrons. The van der Waals surface area contributed by atoms with Crippen LogP contribution in [0.15, 0.2) is 54.6 Å². The van der Waals surface area contributed by atoms with E-state index in [0.717, 1.165) is 37.1 Å². The first-order valence-corrected chi connectivity index (χ1v) is 16.2. The van der Waals surface area contributed by atoms with Gasteiger partial charge in [-0.1, -0.05) is 36.4 Å². The number of hydrogen-bond acceptors (Lipinski definition) is 5. The highest BCUT2D eigenvalue weighted by Crippen LogP contribution is 2.34. The minimum Gasteiger partial charge on any atom is -0.348 e. The number of nitrogens with one attached hydrogen (secondary N) is 2. The minimum absolute atomic E-state index is 0.0634. The fourth-order valence-corrected chi connectivity index (χ4v) is 6.61. The predicted molar refractivity (Wildman–Crippen MR) is 173 cm³/mol. The molecule has 3 heterocycles. The molecule has 8 nitrogen and oxygen atoms in total. The Bertz CT molecular complexity index is 1660. The van der Waals surface area contributed by atoms with Gasteiger partial charge in [0.2, 0.25) is 11.8 Å². The Hall–Kier alpha value is -4.18. The monoisotopic (exact) mass is 629 g/mol. The molecule has 2 aromatic carbocycles. The Morgan fingerprint density at radius 1 is 1.07 bits per heavy atom. The number of allylic oxidation sites excluding steroid dienone is 1. The summed E-state index contributed by atoms with van der Waals surface area (Å²) < 4.78 is 28.2. The minimum atomic E-state index is -1.35. The molecule has 1 aromatic heterocycles. The number of aromatic nitrogens is 1. The molecule has 1 aliphatic carbocycles. The van der Waals surface area contributed by atoms with Gasteiger partial charge in [0.05, 0.1) is 24.6 Å². The summed E-state index contributed by atoms with van der Waals surface area (Å²) in [7, 11) is 2.14. The van der Waals surface area contributed by atoms with Crippen LogP contribution in [0.4, 0.5) is 8.78 Å². The summed E-state index contributed by atoms with van der Waals surface area (Å²) in [5.41, 5.74) is 3.80. The summed E-state index contributed by atoms with van der Waals surface area (Å²) >= 11 is 0. The van der Waals surface area contributed by atoms with Crippen molar-refractivity contribution in [2.75, 3.05) is 33.2 Å². The van der Waals surface area contributed by atoms with Gasteiger partial charge in [-0.25, -0.2) is 13.8 Å². The van der Waals surface area contributed by atoms with Gasteiger partial charge in [0, 0.05) is 18.4 Å². The van der Waals surface area contributed by atoms with Gasteiger partial charge in [-0.05, 0) is 99.0 Å². The zero-order valence-corrected chi connectivity index (χ0v) is 26.3. The Balaban J connectivity index is 1.12. The molecule has 3 aromatic rings. The molecule has 0 bridgehead atoms. The number of likely N-dealkylation sites (tertiary alicyclic amines) is 2. The van der Waals surface area contributed by atoms with Crippen LogP contribution in [0.5, 0.6) is 0 Å². The molecule has 10 heteroatoms. The molecule has 2 saturated heterocycles. The number of fused-ring (bicyclic) bond motifs is 1. The Morgan fingerprint density at radius 3 is 2.67 bits per heavy atom. The summed E-state index contributed by atoms with van der Waals surface area (Å²) in [5, 5.41) is 6.15. The van der Waals surface area contributed by atoms with E-state index < -0.39 is 42.3 Å². The van der Waals surface area contributed by atoms with Gasteiger partial charge in [0.25, 0.3) is 5.91 Å². The third-order valence-corrected chi connectivity index (χ3v) is 9.36. The first-order chi connectivity index (χ1) is 22.1. The van der Waals surface area contributed by atoms with Gasteiger partial charge in [-0.3, -0.25) is 14.4 Å². The number of piperidine rings is 1. The highest BCUT2D eigenvalue weighted by molar-refractivity contribution is 5.97. The van der Waals surface area contributed by atoms with Crippen LogP contribution in [0.25, 0.3) is 17.0 Å². The molecule has 3 aliphatic rings. The number of pyridine rings is 1. The van der Waals surface area contributed by atoms with Gasteiger partial charge >= 0.3 is 0 Å². The molecular weight excluding hydrogens is 588 g/mol. The third-order valence-electron chi connectivity index (χ3n) is 9.36. The number of carbonyl (C=O) groups excluding carboxylic acids is 3. The zero-order chi connectivity index (χ0) is 32.4.